The molecule has 0 amide bonds. The average Bonchev–Trinajstić information content (AvgIpc) is 3.00. The van der Waals surface area contributed by atoms with Gasteiger partial charge in [-0.3, -0.25) is 9.69 Å². The lowest BCUT2D eigenvalue weighted by Gasteiger charge is -2.11. The van der Waals surface area contributed by atoms with Crippen molar-refractivity contribution in [1.29, 1.82) is 0 Å². The molecule has 1 fully saturated rings. The normalized spacial score (nSPS) is 15.4. The summed E-state index contributed by atoms with van der Waals surface area (Å²) < 4.78 is 9.68. The second-order valence-corrected chi connectivity index (χ2v) is 4.07. The number of hydrogen-bond donors (Lipinski definition) is 0. The van der Waals surface area contributed by atoms with Gasteiger partial charge >= 0.3 is 5.97 Å². The Labute approximate surface area is 93.6 Å². The lowest BCUT2D eigenvalue weighted by Crippen LogP contribution is -2.26. The van der Waals surface area contributed by atoms with E-state index in [1.165, 1.54) is 7.11 Å². The van der Waals surface area contributed by atoms with E-state index in [0.29, 0.717) is 18.3 Å². The van der Waals surface area contributed by atoms with Crippen LogP contribution in [0.25, 0.3) is 0 Å². The number of carbonyl (C=O) groups excluding carboxylic acids is 1. The fraction of sp³-hybridized carbons (Fsp3) is 0.700. The van der Waals surface area contributed by atoms with Crippen molar-refractivity contribution >= 4 is 5.97 Å². The largest absolute Gasteiger partial charge is 0.468 e. The molecular formula is C10H15N3O3. The Morgan fingerprint density at radius 3 is 3.00 bits per heavy atom. The number of esters is 1. The molecule has 0 aliphatic heterocycles. The van der Waals surface area contributed by atoms with Crippen LogP contribution in [0.15, 0.2) is 4.52 Å². The molecule has 2 rings (SSSR count). The van der Waals surface area contributed by atoms with Crippen LogP contribution in [-0.2, 0) is 16.1 Å². The number of nitrogens with zero attached hydrogens (tertiary/aromatic N) is 3. The molecule has 0 aromatic carbocycles. The molecule has 1 aromatic rings. The first-order chi connectivity index (χ1) is 7.69. The number of carbonyl (C=O) groups is 1. The van der Waals surface area contributed by atoms with Crippen LogP contribution in [0.1, 0.15) is 30.5 Å². The smallest absolute Gasteiger partial charge is 0.319 e. The zero-order chi connectivity index (χ0) is 11.5. The van der Waals surface area contributed by atoms with Gasteiger partial charge in [0.1, 0.15) is 0 Å². The fourth-order valence-corrected chi connectivity index (χ4v) is 1.41. The van der Waals surface area contributed by atoms with E-state index in [2.05, 4.69) is 14.9 Å². The lowest BCUT2D eigenvalue weighted by molar-refractivity contribution is -0.141. The summed E-state index contributed by atoms with van der Waals surface area (Å²) in [6, 6.07) is 0. The van der Waals surface area contributed by atoms with E-state index in [9.17, 15) is 4.79 Å². The van der Waals surface area contributed by atoms with E-state index in [1.54, 1.807) is 4.90 Å². The van der Waals surface area contributed by atoms with Gasteiger partial charge in [-0.1, -0.05) is 5.16 Å². The first-order valence-corrected chi connectivity index (χ1v) is 5.27. The third-order valence-electron chi connectivity index (χ3n) is 2.45. The second kappa shape index (κ2) is 4.61. The van der Waals surface area contributed by atoms with Gasteiger partial charge in [0, 0.05) is 5.92 Å². The molecule has 1 aliphatic rings. The maximum absolute atomic E-state index is 11.0. The highest BCUT2D eigenvalue weighted by molar-refractivity contribution is 5.71. The first kappa shape index (κ1) is 11.1. The lowest BCUT2D eigenvalue weighted by atomic mass is 10.4. The summed E-state index contributed by atoms with van der Waals surface area (Å²) >= 11 is 0. The van der Waals surface area contributed by atoms with Crippen LogP contribution < -0.4 is 0 Å². The van der Waals surface area contributed by atoms with Crippen LogP contribution in [0, 0.1) is 0 Å². The molecule has 0 N–H and O–H groups in total. The predicted molar refractivity (Wildman–Crippen MR) is 54.6 cm³/mol. The molecule has 1 saturated carbocycles. The monoisotopic (exact) mass is 225 g/mol. The number of ether oxygens (including phenoxy) is 1. The molecule has 0 unspecified atom stereocenters. The van der Waals surface area contributed by atoms with Gasteiger partial charge in [-0.25, -0.2) is 0 Å². The van der Waals surface area contributed by atoms with Gasteiger partial charge in [-0.05, 0) is 19.9 Å². The first-order valence-electron chi connectivity index (χ1n) is 5.27. The van der Waals surface area contributed by atoms with Crippen LogP contribution in [0.2, 0.25) is 0 Å². The van der Waals surface area contributed by atoms with E-state index >= 15 is 0 Å². The minimum Gasteiger partial charge on any atom is -0.468 e. The molecule has 88 valence electrons. The Morgan fingerprint density at radius 1 is 1.62 bits per heavy atom. The topological polar surface area (TPSA) is 68.5 Å². The fourth-order valence-electron chi connectivity index (χ4n) is 1.41. The van der Waals surface area contributed by atoms with Gasteiger partial charge < -0.3 is 9.26 Å². The van der Waals surface area contributed by atoms with E-state index in [0.717, 1.165) is 18.7 Å². The number of aromatic nitrogens is 2. The molecule has 0 spiro atoms. The summed E-state index contributed by atoms with van der Waals surface area (Å²) in [5.74, 6) is 1.54. The van der Waals surface area contributed by atoms with Crippen molar-refractivity contribution in [2.75, 3.05) is 20.7 Å². The van der Waals surface area contributed by atoms with E-state index in [4.69, 9.17) is 4.52 Å². The summed E-state index contributed by atoms with van der Waals surface area (Å²) in [6.07, 6.45) is 2.28. The standard InChI is InChI=1S/C10H15N3O3/c1-13(6-9(14)15-2)5-8-11-10(16-12-8)7-3-4-7/h7H,3-6H2,1-2H3. The molecule has 1 aromatic heterocycles. The quantitative estimate of drug-likeness (QED) is 0.682. The highest BCUT2D eigenvalue weighted by Crippen LogP contribution is 2.38. The minimum absolute atomic E-state index is 0.226. The molecule has 1 aliphatic carbocycles. The van der Waals surface area contributed by atoms with Crippen molar-refractivity contribution < 1.29 is 14.1 Å². The van der Waals surface area contributed by atoms with E-state index < -0.39 is 0 Å². The second-order valence-electron chi connectivity index (χ2n) is 4.07. The molecule has 0 radical (unpaired) electrons. The third kappa shape index (κ3) is 2.79. The van der Waals surface area contributed by atoms with E-state index in [1.807, 2.05) is 7.05 Å². The van der Waals surface area contributed by atoms with Gasteiger partial charge in [0.2, 0.25) is 5.89 Å². The van der Waals surface area contributed by atoms with E-state index in [-0.39, 0.29) is 12.5 Å². The zero-order valence-corrected chi connectivity index (χ0v) is 9.47. The molecular weight excluding hydrogens is 210 g/mol. The molecule has 0 atom stereocenters. The van der Waals surface area contributed by atoms with Crippen LogP contribution in [0.3, 0.4) is 0 Å². The van der Waals surface area contributed by atoms with Gasteiger partial charge in [-0.2, -0.15) is 4.98 Å². The summed E-state index contributed by atoms with van der Waals surface area (Å²) in [4.78, 5) is 17.1. The molecule has 6 nitrogen and oxygen atoms in total. The Hall–Kier alpha value is -1.43. The maximum atomic E-state index is 11.0. The van der Waals surface area contributed by atoms with Crippen LogP contribution in [0.5, 0.6) is 0 Å². The number of hydrogen-bond acceptors (Lipinski definition) is 6. The molecule has 0 saturated heterocycles. The van der Waals surface area contributed by atoms with Crippen molar-refractivity contribution in [2.24, 2.45) is 0 Å². The van der Waals surface area contributed by atoms with Crippen molar-refractivity contribution in [2.45, 2.75) is 25.3 Å². The summed E-state index contributed by atoms with van der Waals surface area (Å²) in [5, 5.41) is 3.87. The molecule has 6 heteroatoms. The summed E-state index contributed by atoms with van der Waals surface area (Å²) in [5.41, 5.74) is 0. The highest BCUT2D eigenvalue weighted by Gasteiger charge is 2.29. The number of likely N-dealkylation sites (N-methyl/N-ethyl adjacent to an activating group) is 1. The van der Waals surface area contributed by atoms with Crippen molar-refractivity contribution in [3.8, 4) is 0 Å². The third-order valence-corrected chi connectivity index (χ3v) is 2.45. The van der Waals surface area contributed by atoms with Gasteiger partial charge in [0.25, 0.3) is 0 Å². The SMILES string of the molecule is COC(=O)CN(C)Cc1noc(C2CC2)n1. The Bertz CT molecular complexity index is 373. The maximum Gasteiger partial charge on any atom is 0.319 e. The number of methoxy groups -OCH3 is 1. The van der Waals surface area contributed by atoms with Gasteiger partial charge in [-0.15, -0.1) is 0 Å². The highest BCUT2D eigenvalue weighted by atomic mass is 16.5. The van der Waals surface area contributed by atoms with Crippen molar-refractivity contribution in [3.63, 3.8) is 0 Å². The molecule has 16 heavy (non-hydrogen) atoms. The van der Waals surface area contributed by atoms with Gasteiger partial charge in [0.15, 0.2) is 5.82 Å². The average molecular weight is 225 g/mol. The number of rotatable bonds is 5. The molecule has 0 bridgehead atoms. The Kier molecular flexibility index (Phi) is 3.19. The summed E-state index contributed by atoms with van der Waals surface area (Å²) in [7, 11) is 3.18. The zero-order valence-electron chi connectivity index (χ0n) is 9.47. The summed E-state index contributed by atoms with van der Waals surface area (Å²) in [6.45, 7) is 0.717. The van der Waals surface area contributed by atoms with Crippen LogP contribution >= 0.6 is 0 Å². The Balaban J connectivity index is 1.85. The van der Waals surface area contributed by atoms with Crippen LogP contribution in [0.4, 0.5) is 0 Å². The predicted octanol–water partition coefficient (Wildman–Crippen LogP) is 0.552. The molecule has 1 heterocycles. The minimum atomic E-state index is -0.270. The van der Waals surface area contributed by atoms with Crippen molar-refractivity contribution in [3.05, 3.63) is 11.7 Å². The van der Waals surface area contributed by atoms with Crippen molar-refractivity contribution in [1.82, 2.24) is 15.0 Å². The van der Waals surface area contributed by atoms with Crippen LogP contribution in [-0.4, -0.2) is 41.7 Å². The Morgan fingerprint density at radius 2 is 2.38 bits per heavy atom. The van der Waals surface area contributed by atoms with Gasteiger partial charge in [0.05, 0.1) is 20.2 Å².